The highest BCUT2D eigenvalue weighted by Crippen LogP contribution is 2.24. The molecular weight excluding hydrogens is 399 g/mol. The van der Waals surface area contributed by atoms with Gasteiger partial charge in [-0.1, -0.05) is 29.5 Å². The third-order valence-electron chi connectivity index (χ3n) is 4.70. The van der Waals surface area contributed by atoms with Gasteiger partial charge in [-0.3, -0.25) is 0 Å². The molecule has 30 heavy (non-hydrogen) atoms. The Morgan fingerprint density at radius 1 is 1.07 bits per heavy atom. The van der Waals surface area contributed by atoms with Crippen molar-refractivity contribution in [1.82, 2.24) is 29.9 Å². The SMILES string of the molecule is Cc1ccc(-n2cc(CNCCSc3nncn3C)c(-c3ccc(F)cc3)n2)cc1. The van der Waals surface area contributed by atoms with Crippen LogP contribution in [0.4, 0.5) is 4.39 Å². The van der Waals surface area contributed by atoms with Crippen LogP contribution in [0.25, 0.3) is 16.9 Å². The van der Waals surface area contributed by atoms with Gasteiger partial charge in [0.2, 0.25) is 0 Å². The van der Waals surface area contributed by atoms with Crippen molar-refractivity contribution >= 4 is 11.8 Å². The molecule has 0 bridgehead atoms. The molecule has 154 valence electrons. The topological polar surface area (TPSA) is 60.6 Å². The molecule has 0 aliphatic heterocycles. The molecule has 2 aromatic carbocycles. The highest BCUT2D eigenvalue weighted by atomic mass is 32.2. The van der Waals surface area contributed by atoms with Gasteiger partial charge in [0.1, 0.15) is 12.1 Å². The summed E-state index contributed by atoms with van der Waals surface area (Å²) in [4.78, 5) is 0. The van der Waals surface area contributed by atoms with Crippen LogP contribution in [-0.4, -0.2) is 36.8 Å². The molecule has 8 heteroatoms. The van der Waals surface area contributed by atoms with E-state index in [0.717, 1.165) is 40.0 Å². The van der Waals surface area contributed by atoms with Crippen LogP contribution in [0, 0.1) is 12.7 Å². The molecule has 2 heterocycles. The van der Waals surface area contributed by atoms with Crippen molar-refractivity contribution in [3.8, 4) is 16.9 Å². The smallest absolute Gasteiger partial charge is 0.190 e. The summed E-state index contributed by atoms with van der Waals surface area (Å²) in [6.45, 7) is 3.54. The zero-order valence-electron chi connectivity index (χ0n) is 16.9. The molecule has 0 saturated heterocycles. The van der Waals surface area contributed by atoms with Crippen molar-refractivity contribution in [2.75, 3.05) is 12.3 Å². The zero-order chi connectivity index (χ0) is 20.9. The lowest BCUT2D eigenvalue weighted by atomic mass is 10.1. The van der Waals surface area contributed by atoms with E-state index in [2.05, 4.69) is 34.6 Å². The fourth-order valence-electron chi connectivity index (χ4n) is 3.06. The molecule has 0 aliphatic carbocycles. The van der Waals surface area contributed by atoms with Gasteiger partial charge in [-0.15, -0.1) is 10.2 Å². The van der Waals surface area contributed by atoms with E-state index in [4.69, 9.17) is 5.10 Å². The van der Waals surface area contributed by atoms with Crippen molar-refractivity contribution in [3.05, 3.63) is 78.0 Å². The molecule has 0 unspecified atom stereocenters. The second kappa shape index (κ2) is 9.23. The summed E-state index contributed by atoms with van der Waals surface area (Å²) < 4.78 is 17.2. The van der Waals surface area contributed by atoms with Crippen LogP contribution in [0.5, 0.6) is 0 Å². The van der Waals surface area contributed by atoms with Crippen LogP contribution >= 0.6 is 11.8 Å². The minimum absolute atomic E-state index is 0.253. The molecule has 0 fully saturated rings. The molecule has 0 atom stereocenters. The first-order chi connectivity index (χ1) is 14.6. The fraction of sp³-hybridized carbons (Fsp3) is 0.227. The predicted octanol–water partition coefficient (Wildman–Crippen LogP) is 4.00. The fourth-order valence-corrected chi connectivity index (χ4v) is 3.85. The summed E-state index contributed by atoms with van der Waals surface area (Å²) in [5, 5.41) is 17.1. The Morgan fingerprint density at radius 3 is 2.53 bits per heavy atom. The number of hydrogen-bond donors (Lipinski definition) is 1. The molecule has 2 aromatic heterocycles. The highest BCUT2D eigenvalue weighted by molar-refractivity contribution is 7.99. The van der Waals surface area contributed by atoms with E-state index in [1.165, 1.54) is 17.7 Å². The van der Waals surface area contributed by atoms with Crippen LogP contribution in [0.3, 0.4) is 0 Å². The van der Waals surface area contributed by atoms with Crippen LogP contribution < -0.4 is 5.32 Å². The van der Waals surface area contributed by atoms with Gasteiger partial charge in [-0.05, 0) is 43.3 Å². The van der Waals surface area contributed by atoms with Crippen molar-refractivity contribution in [2.45, 2.75) is 18.6 Å². The Balaban J connectivity index is 1.49. The quantitative estimate of drug-likeness (QED) is 0.344. The molecule has 0 radical (unpaired) electrons. The lowest BCUT2D eigenvalue weighted by Crippen LogP contribution is -2.17. The number of hydrogen-bond acceptors (Lipinski definition) is 5. The Hall–Kier alpha value is -2.97. The maximum atomic E-state index is 13.4. The van der Waals surface area contributed by atoms with E-state index in [1.54, 1.807) is 30.2 Å². The summed E-state index contributed by atoms with van der Waals surface area (Å²) in [5.74, 6) is 0.627. The van der Waals surface area contributed by atoms with Crippen LogP contribution in [0.1, 0.15) is 11.1 Å². The van der Waals surface area contributed by atoms with Crippen LogP contribution in [0.15, 0.2) is 66.2 Å². The molecule has 1 N–H and O–H groups in total. The van der Waals surface area contributed by atoms with E-state index in [1.807, 2.05) is 34.6 Å². The van der Waals surface area contributed by atoms with Crippen molar-refractivity contribution in [1.29, 1.82) is 0 Å². The summed E-state index contributed by atoms with van der Waals surface area (Å²) in [6.07, 6.45) is 3.73. The number of aromatic nitrogens is 5. The molecule has 0 saturated carbocycles. The lowest BCUT2D eigenvalue weighted by Gasteiger charge is -2.05. The van der Waals surface area contributed by atoms with Gasteiger partial charge in [0.05, 0.1) is 11.4 Å². The first kappa shape index (κ1) is 20.3. The third kappa shape index (κ3) is 4.77. The molecule has 0 aliphatic rings. The number of rotatable bonds is 8. The summed E-state index contributed by atoms with van der Waals surface area (Å²) in [5.41, 5.74) is 5.00. The second-order valence-corrected chi connectivity index (χ2v) is 8.10. The highest BCUT2D eigenvalue weighted by Gasteiger charge is 2.12. The molecule has 0 amide bonds. The summed E-state index contributed by atoms with van der Waals surface area (Å²) >= 11 is 1.66. The third-order valence-corrected chi connectivity index (χ3v) is 5.74. The lowest BCUT2D eigenvalue weighted by molar-refractivity contribution is 0.628. The summed E-state index contributed by atoms with van der Waals surface area (Å²) in [6, 6.07) is 14.7. The first-order valence-electron chi connectivity index (χ1n) is 9.69. The van der Waals surface area contributed by atoms with Crippen LogP contribution in [0.2, 0.25) is 0 Å². The predicted molar refractivity (Wildman–Crippen MR) is 117 cm³/mol. The average Bonchev–Trinajstić information content (AvgIpc) is 3.35. The number of nitrogens with one attached hydrogen (secondary N) is 1. The number of benzene rings is 2. The normalized spacial score (nSPS) is 11.2. The van der Waals surface area contributed by atoms with Gasteiger partial charge >= 0.3 is 0 Å². The van der Waals surface area contributed by atoms with E-state index < -0.39 is 0 Å². The van der Waals surface area contributed by atoms with Crippen molar-refractivity contribution in [3.63, 3.8) is 0 Å². The molecule has 0 spiro atoms. The first-order valence-corrected chi connectivity index (χ1v) is 10.7. The Morgan fingerprint density at radius 2 is 1.83 bits per heavy atom. The van der Waals surface area contributed by atoms with Gasteiger partial charge in [-0.2, -0.15) is 5.10 Å². The largest absolute Gasteiger partial charge is 0.312 e. The standard InChI is InChI=1S/C22H23FN6S/c1-16-3-9-20(10-4-16)29-14-18(21(27-29)17-5-7-19(23)8-6-17)13-24-11-12-30-22-26-25-15-28(22)2/h3-10,14-15,24H,11-13H2,1-2H3. The molecule has 4 rings (SSSR count). The Labute approximate surface area is 179 Å². The van der Waals surface area contributed by atoms with Gasteiger partial charge in [0.15, 0.2) is 5.16 Å². The van der Waals surface area contributed by atoms with E-state index in [9.17, 15) is 4.39 Å². The van der Waals surface area contributed by atoms with E-state index in [0.29, 0.717) is 6.54 Å². The van der Waals surface area contributed by atoms with Crippen molar-refractivity contribution in [2.24, 2.45) is 7.05 Å². The monoisotopic (exact) mass is 422 g/mol. The maximum Gasteiger partial charge on any atom is 0.190 e. The van der Waals surface area contributed by atoms with E-state index in [-0.39, 0.29) is 5.82 Å². The molecule has 4 aromatic rings. The second-order valence-electron chi connectivity index (χ2n) is 7.04. The van der Waals surface area contributed by atoms with E-state index >= 15 is 0 Å². The van der Waals surface area contributed by atoms with Crippen molar-refractivity contribution < 1.29 is 4.39 Å². The molecular formula is C22H23FN6S. The van der Waals surface area contributed by atoms with Gasteiger partial charge < -0.3 is 9.88 Å². The number of aryl methyl sites for hydroxylation is 2. The Bertz CT molecular complexity index is 1100. The number of halogens is 1. The number of nitrogens with zero attached hydrogens (tertiary/aromatic N) is 5. The Kier molecular flexibility index (Phi) is 6.25. The van der Waals surface area contributed by atoms with Gasteiger partial charge in [-0.25, -0.2) is 9.07 Å². The number of thioether (sulfide) groups is 1. The summed E-state index contributed by atoms with van der Waals surface area (Å²) in [7, 11) is 1.93. The average molecular weight is 423 g/mol. The maximum absolute atomic E-state index is 13.4. The zero-order valence-corrected chi connectivity index (χ0v) is 17.7. The van der Waals surface area contributed by atoms with Crippen LogP contribution in [-0.2, 0) is 13.6 Å². The minimum Gasteiger partial charge on any atom is -0.312 e. The molecule has 6 nitrogen and oxygen atoms in total. The minimum atomic E-state index is -0.253. The van der Waals surface area contributed by atoms with Gasteiger partial charge in [0, 0.05) is 43.2 Å². The van der Waals surface area contributed by atoms with Gasteiger partial charge in [0.25, 0.3) is 0 Å².